The highest BCUT2D eigenvalue weighted by Gasteiger charge is 2.43. The van der Waals surface area contributed by atoms with Gasteiger partial charge in [0, 0.05) is 36.1 Å². The average Bonchev–Trinajstić information content (AvgIpc) is 2.84. The van der Waals surface area contributed by atoms with Crippen LogP contribution >= 0.6 is 0 Å². The molecule has 5 heteroatoms. The van der Waals surface area contributed by atoms with Gasteiger partial charge >= 0.3 is 0 Å². The van der Waals surface area contributed by atoms with E-state index in [9.17, 15) is 4.79 Å². The molecule has 2 aliphatic rings. The summed E-state index contributed by atoms with van der Waals surface area (Å²) in [6.07, 6.45) is 6.93. The van der Waals surface area contributed by atoms with E-state index in [1.165, 1.54) is 0 Å². The first-order valence-corrected chi connectivity index (χ1v) is 7.76. The van der Waals surface area contributed by atoms with E-state index in [1.54, 1.807) is 6.20 Å². The first kappa shape index (κ1) is 13.4. The number of carbonyl (C=O) groups is 1. The van der Waals surface area contributed by atoms with E-state index < -0.39 is 0 Å². The molecule has 0 N–H and O–H groups in total. The number of fused-ring (bicyclic) bond motifs is 4. The van der Waals surface area contributed by atoms with Crippen molar-refractivity contribution in [3.63, 3.8) is 0 Å². The average molecular weight is 294 g/mol. The van der Waals surface area contributed by atoms with Crippen molar-refractivity contribution in [2.24, 2.45) is 0 Å². The van der Waals surface area contributed by atoms with Crippen molar-refractivity contribution in [2.45, 2.75) is 44.7 Å². The highest BCUT2D eigenvalue weighted by Crippen LogP contribution is 2.43. The van der Waals surface area contributed by atoms with E-state index >= 15 is 0 Å². The Labute approximate surface area is 129 Å². The van der Waals surface area contributed by atoms with E-state index in [0.29, 0.717) is 6.42 Å². The van der Waals surface area contributed by atoms with Crippen LogP contribution < -0.4 is 0 Å². The summed E-state index contributed by atoms with van der Waals surface area (Å²) >= 11 is 0. The number of rotatable bonds is 2. The van der Waals surface area contributed by atoms with Crippen LogP contribution in [0.1, 0.15) is 41.7 Å². The second kappa shape index (κ2) is 5.16. The van der Waals surface area contributed by atoms with Crippen molar-refractivity contribution in [2.75, 3.05) is 0 Å². The van der Waals surface area contributed by atoms with Gasteiger partial charge in [-0.15, -0.1) is 0 Å². The van der Waals surface area contributed by atoms with Gasteiger partial charge in [-0.05, 0) is 31.9 Å². The Bertz CT molecular complexity index is 716. The molecule has 0 spiro atoms. The van der Waals surface area contributed by atoms with E-state index in [-0.39, 0.29) is 18.0 Å². The van der Waals surface area contributed by atoms with Crippen LogP contribution in [0, 0.1) is 6.92 Å². The zero-order valence-corrected chi connectivity index (χ0v) is 12.6. The normalized spacial score (nSPS) is 22.5. The van der Waals surface area contributed by atoms with E-state index in [1.807, 2.05) is 31.3 Å². The highest BCUT2D eigenvalue weighted by molar-refractivity contribution is 5.80. The summed E-state index contributed by atoms with van der Waals surface area (Å²) in [6.45, 7) is 1.92. The molecule has 1 fully saturated rings. The van der Waals surface area contributed by atoms with Gasteiger partial charge in [-0.25, -0.2) is 9.97 Å². The van der Waals surface area contributed by atoms with Crippen LogP contribution in [0.25, 0.3) is 0 Å². The number of aromatic nitrogens is 3. The quantitative estimate of drug-likeness (QED) is 0.850. The van der Waals surface area contributed by atoms with Crippen molar-refractivity contribution in [1.29, 1.82) is 0 Å². The fourth-order valence-corrected chi connectivity index (χ4v) is 3.71. The summed E-state index contributed by atoms with van der Waals surface area (Å²) in [7, 11) is 0. The minimum Gasteiger partial charge on any atom is -0.332 e. The summed E-state index contributed by atoms with van der Waals surface area (Å²) in [4.78, 5) is 28.0. The van der Waals surface area contributed by atoms with Gasteiger partial charge in [-0.2, -0.15) is 0 Å². The Kier molecular flexibility index (Phi) is 3.13. The van der Waals surface area contributed by atoms with Crippen LogP contribution in [0.4, 0.5) is 0 Å². The van der Waals surface area contributed by atoms with Crippen molar-refractivity contribution < 1.29 is 4.79 Å². The summed E-state index contributed by atoms with van der Waals surface area (Å²) in [6, 6.07) is 6.12. The molecular formula is C17H18N4O. The second-order valence-electron chi connectivity index (χ2n) is 6.07. The predicted octanol–water partition coefficient (Wildman–Crippen LogP) is 2.01. The summed E-state index contributed by atoms with van der Waals surface area (Å²) in [5, 5.41) is 0. The SMILES string of the molecule is Cc1ncc2c(n1)C[C@@H]1CC[C@@H]2N1C(=O)Cc1ccccn1. The van der Waals surface area contributed by atoms with Gasteiger partial charge in [0.05, 0.1) is 18.2 Å². The van der Waals surface area contributed by atoms with Crippen molar-refractivity contribution >= 4 is 5.91 Å². The molecule has 0 radical (unpaired) electrons. The fraction of sp³-hybridized carbons (Fsp3) is 0.412. The van der Waals surface area contributed by atoms with Gasteiger partial charge in [0.15, 0.2) is 0 Å². The van der Waals surface area contributed by atoms with E-state index in [0.717, 1.165) is 42.0 Å². The summed E-state index contributed by atoms with van der Waals surface area (Å²) in [5.41, 5.74) is 3.09. The third-order valence-corrected chi connectivity index (χ3v) is 4.66. The molecule has 1 amide bonds. The lowest BCUT2D eigenvalue weighted by Crippen LogP contribution is -2.43. The molecular weight excluding hydrogens is 276 g/mol. The molecule has 0 saturated carbocycles. The Hall–Kier alpha value is -2.30. The maximum absolute atomic E-state index is 12.8. The molecule has 0 unspecified atom stereocenters. The molecule has 1 saturated heterocycles. The van der Waals surface area contributed by atoms with Crippen LogP contribution in [-0.4, -0.2) is 31.8 Å². The molecule has 2 atom stereocenters. The molecule has 0 aliphatic carbocycles. The van der Waals surface area contributed by atoms with Crippen molar-refractivity contribution in [3.8, 4) is 0 Å². The molecule has 0 aromatic carbocycles. The number of aryl methyl sites for hydroxylation is 1. The number of pyridine rings is 1. The van der Waals surface area contributed by atoms with Crippen molar-refractivity contribution in [3.05, 3.63) is 53.4 Å². The molecule has 4 rings (SSSR count). The van der Waals surface area contributed by atoms with Crippen LogP contribution in [0.5, 0.6) is 0 Å². The number of carbonyl (C=O) groups excluding carboxylic acids is 1. The van der Waals surface area contributed by atoms with Crippen LogP contribution in [0.3, 0.4) is 0 Å². The van der Waals surface area contributed by atoms with Crippen LogP contribution in [0.15, 0.2) is 30.6 Å². The van der Waals surface area contributed by atoms with Gasteiger partial charge in [-0.1, -0.05) is 6.07 Å². The van der Waals surface area contributed by atoms with Crippen LogP contribution in [0.2, 0.25) is 0 Å². The first-order chi connectivity index (χ1) is 10.7. The van der Waals surface area contributed by atoms with E-state index in [4.69, 9.17) is 0 Å². The number of hydrogen-bond acceptors (Lipinski definition) is 4. The first-order valence-electron chi connectivity index (χ1n) is 7.76. The molecule has 2 aliphatic heterocycles. The van der Waals surface area contributed by atoms with Gasteiger partial charge in [0.1, 0.15) is 5.82 Å². The standard InChI is InChI=1S/C17H18N4O/c1-11-19-10-14-15(20-11)9-13-5-6-16(14)21(13)17(22)8-12-4-2-3-7-18-12/h2-4,7,10,13,16H,5-6,8-9H2,1H3/t13-,16-/m0/s1. The lowest BCUT2D eigenvalue weighted by Gasteiger charge is -2.35. The molecule has 22 heavy (non-hydrogen) atoms. The number of hydrogen-bond donors (Lipinski definition) is 0. The maximum atomic E-state index is 12.8. The zero-order valence-electron chi connectivity index (χ0n) is 12.6. The molecule has 2 aromatic heterocycles. The minimum atomic E-state index is 0.144. The lowest BCUT2D eigenvalue weighted by atomic mass is 9.98. The Balaban J connectivity index is 1.61. The number of nitrogens with zero attached hydrogens (tertiary/aromatic N) is 4. The third-order valence-electron chi connectivity index (χ3n) is 4.66. The monoisotopic (exact) mass is 294 g/mol. The maximum Gasteiger partial charge on any atom is 0.229 e. The predicted molar refractivity (Wildman–Crippen MR) is 81.0 cm³/mol. The Morgan fingerprint density at radius 3 is 3.05 bits per heavy atom. The summed E-state index contributed by atoms with van der Waals surface area (Å²) < 4.78 is 0. The largest absolute Gasteiger partial charge is 0.332 e. The molecule has 4 heterocycles. The molecule has 2 aromatic rings. The molecule has 2 bridgehead atoms. The summed E-state index contributed by atoms with van der Waals surface area (Å²) in [5.74, 6) is 0.976. The van der Waals surface area contributed by atoms with Gasteiger partial charge in [0.25, 0.3) is 0 Å². The highest BCUT2D eigenvalue weighted by atomic mass is 16.2. The number of amides is 1. The van der Waals surface area contributed by atoms with E-state index in [2.05, 4.69) is 19.9 Å². The third kappa shape index (κ3) is 2.17. The topological polar surface area (TPSA) is 59.0 Å². The molecule has 112 valence electrons. The van der Waals surface area contributed by atoms with Crippen LogP contribution in [-0.2, 0) is 17.6 Å². The fourth-order valence-electron chi connectivity index (χ4n) is 3.71. The lowest BCUT2D eigenvalue weighted by molar-refractivity contribution is -0.134. The van der Waals surface area contributed by atoms with Crippen molar-refractivity contribution in [1.82, 2.24) is 19.9 Å². The Morgan fingerprint density at radius 1 is 1.32 bits per heavy atom. The van der Waals surface area contributed by atoms with Gasteiger partial charge in [-0.3, -0.25) is 9.78 Å². The van der Waals surface area contributed by atoms with Gasteiger partial charge in [0.2, 0.25) is 5.91 Å². The Morgan fingerprint density at radius 2 is 2.23 bits per heavy atom. The molecule has 5 nitrogen and oxygen atoms in total. The van der Waals surface area contributed by atoms with Gasteiger partial charge < -0.3 is 4.90 Å². The smallest absolute Gasteiger partial charge is 0.229 e. The minimum absolute atomic E-state index is 0.144. The zero-order chi connectivity index (χ0) is 15.1. The second-order valence-corrected chi connectivity index (χ2v) is 6.07.